The SMILES string of the molecule is COc1ccc(-c2noc(CCCC(=O)N(C)CC(C)(C)CN)n2)cc1.Cl. The van der Waals surface area contributed by atoms with Crippen LogP contribution in [0.25, 0.3) is 11.4 Å². The molecule has 1 aromatic heterocycles. The average molecular weight is 397 g/mol. The van der Waals surface area contributed by atoms with Gasteiger partial charge < -0.3 is 19.9 Å². The van der Waals surface area contributed by atoms with Crippen molar-refractivity contribution in [2.75, 3.05) is 27.2 Å². The number of carbonyl (C=O) groups is 1. The highest BCUT2D eigenvalue weighted by Crippen LogP contribution is 2.20. The number of rotatable bonds is 9. The molecule has 7 nitrogen and oxygen atoms in total. The molecule has 150 valence electrons. The molecule has 0 aliphatic rings. The standard InChI is InChI=1S/C19H28N4O3.ClH/c1-19(2,12-20)13-23(3)17(24)7-5-6-16-21-18(22-26-16)14-8-10-15(25-4)11-9-14;/h8-11H,5-7,12-13,20H2,1-4H3;1H. The van der Waals surface area contributed by atoms with Gasteiger partial charge in [-0.05, 0) is 42.6 Å². The first kappa shape index (κ1) is 22.9. The highest BCUT2D eigenvalue weighted by atomic mass is 35.5. The third-order valence-electron chi connectivity index (χ3n) is 4.24. The second kappa shape index (κ2) is 10.3. The van der Waals surface area contributed by atoms with Crippen LogP contribution < -0.4 is 10.5 Å². The van der Waals surface area contributed by atoms with Crippen LogP contribution >= 0.6 is 12.4 Å². The zero-order valence-corrected chi connectivity index (χ0v) is 17.2. The Morgan fingerprint density at radius 1 is 1.30 bits per heavy atom. The van der Waals surface area contributed by atoms with Gasteiger partial charge in [0.15, 0.2) is 0 Å². The zero-order chi connectivity index (χ0) is 19.2. The quantitative estimate of drug-likeness (QED) is 0.700. The lowest BCUT2D eigenvalue weighted by Crippen LogP contribution is -2.39. The highest BCUT2D eigenvalue weighted by Gasteiger charge is 2.21. The van der Waals surface area contributed by atoms with Crippen LogP contribution in [0.2, 0.25) is 0 Å². The van der Waals surface area contributed by atoms with Crippen LogP contribution in [0.1, 0.15) is 32.6 Å². The number of halogens is 1. The van der Waals surface area contributed by atoms with E-state index >= 15 is 0 Å². The molecule has 0 atom stereocenters. The summed E-state index contributed by atoms with van der Waals surface area (Å²) in [6, 6.07) is 7.46. The molecule has 0 aliphatic carbocycles. The molecule has 0 bridgehead atoms. The molecule has 1 heterocycles. The summed E-state index contributed by atoms with van der Waals surface area (Å²) in [5, 5.41) is 4.00. The van der Waals surface area contributed by atoms with Crippen molar-refractivity contribution in [2.45, 2.75) is 33.1 Å². The third kappa shape index (κ3) is 6.84. The Balaban J connectivity index is 0.00000364. The average Bonchev–Trinajstić information content (AvgIpc) is 3.10. The number of hydrogen-bond acceptors (Lipinski definition) is 6. The first-order valence-electron chi connectivity index (χ1n) is 8.75. The molecule has 0 radical (unpaired) electrons. The van der Waals surface area contributed by atoms with E-state index in [9.17, 15) is 4.79 Å². The second-order valence-electron chi connectivity index (χ2n) is 7.21. The number of hydrogen-bond donors (Lipinski definition) is 1. The Morgan fingerprint density at radius 3 is 2.56 bits per heavy atom. The van der Waals surface area contributed by atoms with E-state index in [4.69, 9.17) is 15.0 Å². The molecule has 0 saturated heterocycles. The van der Waals surface area contributed by atoms with Crippen LogP contribution in [-0.4, -0.2) is 48.2 Å². The first-order valence-corrected chi connectivity index (χ1v) is 8.75. The molecule has 2 aromatic rings. The summed E-state index contributed by atoms with van der Waals surface area (Å²) < 4.78 is 10.4. The molecule has 2 rings (SSSR count). The lowest BCUT2D eigenvalue weighted by atomic mass is 9.93. The summed E-state index contributed by atoms with van der Waals surface area (Å²) in [4.78, 5) is 18.4. The molecule has 27 heavy (non-hydrogen) atoms. The molecular formula is C19H29ClN4O3. The number of methoxy groups -OCH3 is 1. The Bertz CT molecular complexity index is 716. The topological polar surface area (TPSA) is 94.5 Å². The number of aryl methyl sites for hydroxylation is 1. The molecule has 0 aliphatic heterocycles. The molecule has 0 unspecified atom stereocenters. The number of carbonyl (C=O) groups excluding carboxylic acids is 1. The van der Waals surface area contributed by atoms with Crippen LogP contribution in [0.3, 0.4) is 0 Å². The molecular weight excluding hydrogens is 368 g/mol. The van der Waals surface area contributed by atoms with Gasteiger partial charge in [0, 0.05) is 32.0 Å². The van der Waals surface area contributed by atoms with Crippen LogP contribution in [0.15, 0.2) is 28.8 Å². The molecule has 2 N–H and O–H groups in total. The Morgan fingerprint density at radius 2 is 1.96 bits per heavy atom. The number of nitrogens with two attached hydrogens (primary N) is 1. The van der Waals surface area contributed by atoms with E-state index in [1.165, 1.54) is 0 Å². The van der Waals surface area contributed by atoms with E-state index in [2.05, 4.69) is 24.0 Å². The number of benzene rings is 1. The lowest BCUT2D eigenvalue weighted by Gasteiger charge is -2.29. The van der Waals surface area contributed by atoms with Gasteiger partial charge >= 0.3 is 0 Å². The zero-order valence-electron chi connectivity index (χ0n) is 16.4. The van der Waals surface area contributed by atoms with E-state index in [1.807, 2.05) is 31.3 Å². The van der Waals surface area contributed by atoms with Crippen molar-refractivity contribution in [1.82, 2.24) is 15.0 Å². The number of aromatic nitrogens is 2. The minimum atomic E-state index is -0.0792. The summed E-state index contributed by atoms with van der Waals surface area (Å²) in [5.41, 5.74) is 6.51. The van der Waals surface area contributed by atoms with Gasteiger partial charge in [-0.15, -0.1) is 12.4 Å². The maximum absolute atomic E-state index is 12.2. The summed E-state index contributed by atoms with van der Waals surface area (Å²) in [5.74, 6) is 1.95. The van der Waals surface area contributed by atoms with E-state index in [0.717, 1.165) is 11.3 Å². The predicted molar refractivity (Wildman–Crippen MR) is 107 cm³/mol. The fourth-order valence-electron chi connectivity index (χ4n) is 2.59. The van der Waals surface area contributed by atoms with Gasteiger partial charge in [0.1, 0.15) is 5.75 Å². The van der Waals surface area contributed by atoms with E-state index < -0.39 is 0 Å². The molecule has 0 spiro atoms. The van der Waals surface area contributed by atoms with E-state index in [1.54, 1.807) is 12.0 Å². The third-order valence-corrected chi connectivity index (χ3v) is 4.24. The van der Waals surface area contributed by atoms with Crippen molar-refractivity contribution in [3.8, 4) is 17.1 Å². The van der Waals surface area contributed by atoms with Gasteiger partial charge in [-0.2, -0.15) is 4.98 Å². The smallest absolute Gasteiger partial charge is 0.226 e. The van der Waals surface area contributed by atoms with Gasteiger partial charge in [-0.3, -0.25) is 4.79 Å². The van der Waals surface area contributed by atoms with Gasteiger partial charge in [-0.1, -0.05) is 19.0 Å². The lowest BCUT2D eigenvalue weighted by molar-refractivity contribution is -0.131. The van der Waals surface area contributed by atoms with Gasteiger partial charge in [0.05, 0.1) is 7.11 Å². The van der Waals surface area contributed by atoms with Crippen LogP contribution in [0, 0.1) is 5.41 Å². The van der Waals surface area contributed by atoms with E-state index in [-0.39, 0.29) is 23.7 Å². The minimum Gasteiger partial charge on any atom is -0.497 e. The van der Waals surface area contributed by atoms with Crippen molar-refractivity contribution in [3.05, 3.63) is 30.2 Å². The molecule has 8 heteroatoms. The van der Waals surface area contributed by atoms with Gasteiger partial charge in [0.25, 0.3) is 0 Å². The molecule has 1 amide bonds. The fourth-order valence-corrected chi connectivity index (χ4v) is 2.59. The van der Waals surface area contributed by atoms with Crippen molar-refractivity contribution in [1.29, 1.82) is 0 Å². The molecule has 0 saturated carbocycles. The van der Waals surface area contributed by atoms with Crippen LogP contribution in [0.4, 0.5) is 0 Å². The maximum atomic E-state index is 12.2. The van der Waals surface area contributed by atoms with Crippen LogP contribution in [0.5, 0.6) is 5.75 Å². The van der Waals surface area contributed by atoms with Gasteiger partial charge in [-0.25, -0.2) is 0 Å². The largest absolute Gasteiger partial charge is 0.497 e. The van der Waals surface area contributed by atoms with Crippen molar-refractivity contribution in [2.24, 2.45) is 11.1 Å². The summed E-state index contributed by atoms with van der Waals surface area (Å²) in [7, 11) is 3.44. The summed E-state index contributed by atoms with van der Waals surface area (Å²) >= 11 is 0. The van der Waals surface area contributed by atoms with Crippen molar-refractivity contribution in [3.63, 3.8) is 0 Å². The fraction of sp³-hybridized carbons (Fsp3) is 0.526. The number of nitrogens with zero attached hydrogens (tertiary/aromatic N) is 3. The number of amides is 1. The van der Waals surface area contributed by atoms with Crippen molar-refractivity contribution < 1.29 is 14.1 Å². The molecule has 0 fully saturated rings. The molecule has 1 aromatic carbocycles. The Kier molecular flexibility index (Phi) is 8.72. The summed E-state index contributed by atoms with van der Waals surface area (Å²) in [6.45, 7) is 5.29. The maximum Gasteiger partial charge on any atom is 0.226 e. The normalized spacial score (nSPS) is 11.0. The minimum absolute atomic E-state index is 0. The Hall–Kier alpha value is -2.12. The predicted octanol–water partition coefficient (Wildman–Crippen LogP) is 2.93. The van der Waals surface area contributed by atoms with Crippen molar-refractivity contribution >= 4 is 18.3 Å². The summed E-state index contributed by atoms with van der Waals surface area (Å²) in [6.07, 6.45) is 1.68. The first-order chi connectivity index (χ1) is 12.3. The highest BCUT2D eigenvalue weighted by molar-refractivity contribution is 5.85. The number of ether oxygens (including phenoxy) is 1. The second-order valence-corrected chi connectivity index (χ2v) is 7.21. The van der Waals surface area contributed by atoms with Crippen LogP contribution in [-0.2, 0) is 11.2 Å². The van der Waals surface area contributed by atoms with E-state index in [0.29, 0.717) is 44.1 Å². The van der Waals surface area contributed by atoms with Gasteiger partial charge in [0.2, 0.25) is 17.6 Å². The Labute approximate surface area is 166 Å². The monoisotopic (exact) mass is 396 g/mol.